The molecule has 8 nitrogen and oxygen atoms in total. The Morgan fingerprint density at radius 1 is 0.333 bits per heavy atom. The lowest BCUT2D eigenvalue weighted by molar-refractivity contribution is 1.06. The first-order valence-corrected chi connectivity index (χ1v) is 20.9. The molecule has 0 saturated heterocycles. The van der Waals surface area contributed by atoms with E-state index in [1.54, 1.807) is 0 Å². The lowest BCUT2D eigenvalue weighted by atomic mass is 10.0. The molecule has 63 heavy (non-hydrogen) atoms. The number of hydrogen-bond donors (Lipinski definition) is 0. The fourth-order valence-electron chi connectivity index (χ4n) is 8.89. The topological polar surface area (TPSA) is 77.5 Å². The van der Waals surface area contributed by atoms with Crippen LogP contribution >= 0.6 is 0 Å². The highest BCUT2D eigenvalue weighted by molar-refractivity contribution is 6.10. The summed E-state index contributed by atoms with van der Waals surface area (Å²) in [6.45, 7) is 0. The Kier molecular flexibility index (Phi) is 8.64. The highest BCUT2D eigenvalue weighted by Crippen LogP contribution is 2.48. The summed E-state index contributed by atoms with van der Waals surface area (Å²) in [4.78, 5) is 28.0. The molecule has 0 N–H and O–H groups in total. The lowest BCUT2D eigenvalue weighted by Crippen LogP contribution is -2.17. The van der Waals surface area contributed by atoms with E-state index < -0.39 is 0 Å². The Labute approximate surface area is 362 Å². The molecule has 0 radical (unpaired) electrons. The summed E-state index contributed by atoms with van der Waals surface area (Å²) in [6, 6.07) is 71.2. The quantitative estimate of drug-likeness (QED) is 0.152. The maximum absolute atomic E-state index is 5.31. The summed E-state index contributed by atoms with van der Waals surface area (Å²) in [5, 5.41) is 2.10. The van der Waals surface area contributed by atoms with Crippen molar-refractivity contribution >= 4 is 60.9 Å². The van der Waals surface area contributed by atoms with E-state index in [0.717, 1.165) is 89.0 Å². The molecule has 0 unspecified atom stereocenters. The van der Waals surface area contributed by atoms with E-state index in [1.807, 2.05) is 85.2 Å². The van der Waals surface area contributed by atoms with Gasteiger partial charge in [-0.3, -0.25) is 9.97 Å². The molecule has 7 aromatic carbocycles. The van der Waals surface area contributed by atoms with Crippen molar-refractivity contribution in [2.45, 2.75) is 0 Å². The summed E-state index contributed by atoms with van der Waals surface area (Å²) < 4.78 is 4.70. The third kappa shape index (κ3) is 6.11. The van der Waals surface area contributed by atoms with Crippen LogP contribution in [-0.4, -0.2) is 34.1 Å². The van der Waals surface area contributed by atoms with Gasteiger partial charge in [0.25, 0.3) is 0 Å². The molecular weight excluding hydrogens is 773 g/mol. The molecule has 5 heterocycles. The van der Waals surface area contributed by atoms with E-state index in [9.17, 15) is 0 Å². The van der Waals surface area contributed by atoms with Crippen molar-refractivity contribution in [2.75, 3.05) is 4.90 Å². The van der Waals surface area contributed by atoms with Crippen molar-refractivity contribution in [3.63, 3.8) is 0 Å². The molecule has 0 bridgehead atoms. The first-order chi connectivity index (χ1) is 31.3. The number of anilines is 3. The van der Waals surface area contributed by atoms with Gasteiger partial charge in [-0.25, -0.2) is 15.0 Å². The minimum atomic E-state index is 0.542. The zero-order chi connectivity index (χ0) is 41.7. The number of rotatable bonds is 8. The van der Waals surface area contributed by atoms with E-state index in [2.05, 4.69) is 147 Å². The SMILES string of the molecule is c1ccc(-c2nc(-c3ccccc3)nc(-c3cc(-n4c5ccccc5c5ncccc54)c(N(c4ccccc4)c4ccccc4)c(-n4c5ccccc5c5ncccc54)c3)n2)cc1. The second-order valence-corrected chi connectivity index (χ2v) is 15.4. The van der Waals surface area contributed by atoms with Gasteiger partial charge in [-0.15, -0.1) is 0 Å². The molecule has 0 spiro atoms. The van der Waals surface area contributed by atoms with Crippen molar-refractivity contribution in [1.29, 1.82) is 0 Å². The van der Waals surface area contributed by atoms with Crippen LogP contribution < -0.4 is 4.90 Å². The smallest absolute Gasteiger partial charge is 0.164 e. The molecule has 8 heteroatoms. The first kappa shape index (κ1) is 36.1. The average Bonchev–Trinajstić information content (AvgIpc) is 3.88. The van der Waals surface area contributed by atoms with Crippen molar-refractivity contribution in [3.05, 3.63) is 219 Å². The van der Waals surface area contributed by atoms with Crippen LogP contribution in [0.1, 0.15) is 0 Å². The van der Waals surface area contributed by atoms with Crippen molar-refractivity contribution in [1.82, 2.24) is 34.1 Å². The van der Waals surface area contributed by atoms with Gasteiger partial charge in [0.1, 0.15) is 0 Å². The summed E-state index contributed by atoms with van der Waals surface area (Å²) in [5.74, 6) is 1.72. The van der Waals surface area contributed by atoms with Gasteiger partial charge in [0.2, 0.25) is 0 Å². The van der Waals surface area contributed by atoms with Crippen molar-refractivity contribution in [3.8, 4) is 45.5 Å². The minimum Gasteiger partial charge on any atom is -0.307 e. The molecule has 12 rings (SSSR count). The number of aromatic nitrogens is 7. The van der Waals surface area contributed by atoms with Crippen LogP contribution in [0.5, 0.6) is 0 Å². The largest absolute Gasteiger partial charge is 0.307 e. The Bertz CT molecular complexity index is 3280. The van der Waals surface area contributed by atoms with E-state index in [-0.39, 0.29) is 0 Å². The van der Waals surface area contributed by atoms with Gasteiger partial charge in [-0.1, -0.05) is 133 Å². The highest BCUT2D eigenvalue weighted by atomic mass is 15.2. The number of hydrogen-bond acceptors (Lipinski definition) is 6. The summed E-state index contributed by atoms with van der Waals surface area (Å²) >= 11 is 0. The summed E-state index contributed by atoms with van der Waals surface area (Å²) in [7, 11) is 0. The van der Waals surface area contributed by atoms with Crippen LogP contribution in [-0.2, 0) is 0 Å². The molecule has 0 saturated carbocycles. The molecule has 0 aliphatic heterocycles. The number of pyridine rings is 2. The van der Waals surface area contributed by atoms with Crippen LogP contribution in [0.15, 0.2) is 219 Å². The van der Waals surface area contributed by atoms with Gasteiger partial charge in [0.15, 0.2) is 17.5 Å². The molecule has 0 aliphatic rings. The van der Waals surface area contributed by atoms with E-state index in [1.165, 1.54) is 0 Å². The van der Waals surface area contributed by atoms with Gasteiger partial charge >= 0.3 is 0 Å². The molecule has 0 atom stereocenters. The van der Waals surface area contributed by atoms with Crippen LogP contribution in [0, 0.1) is 0 Å². The van der Waals surface area contributed by atoms with Gasteiger partial charge < -0.3 is 14.0 Å². The maximum Gasteiger partial charge on any atom is 0.164 e. The molecule has 296 valence electrons. The lowest BCUT2D eigenvalue weighted by Gasteiger charge is -2.31. The van der Waals surface area contributed by atoms with Gasteiger partial charge in [-0.2, -0.15) is 0 Å². The molecule has 12 aromatic rings. The van der Waals surface area contributed by atoms with Crippen LogP contribution in [0.2, 0.25) is 0 Å². The van der Waals surface area contributed by atoms with Gasteiger partial charge in [-0.05, 0) is 72.8 Å². The maximum atomic E-state index is 5.31. The second kappa shape index (κ2) is 15.1. The van der Waals surface area contributed by atoms with Crippen LogP contribution in [0.4, 0.5) is 17.1 Å². The van der Waals surface area contributed by atoms with Crippen LogP contribution in [0.3, 0.4) is 0 Å². The molecule has 5 aromatic heterocycles. The third-order valence-electron chi connectivity index (χ3n) is 11.6. The zero-order valence-electron chi connectivity index (χ0n) is 33.9. The van der Waals surface area contributed by atoms with Crippen molar-refractivity contribution < 1.29 is 0 Å². The number of para-hydroxylation sites is 4. The standard InChI is InChI=1S/C55H36N8/c1-5-19-37(20-6-1)53-58-54(38-21-7-2-8-22-38)60-55(59-53)39-35-48(62-44-29-15-13-27-42(44)50-46(62)31-17-33-56-50)52(61(40-23-9-3-10-24-40)41-25-11-4-12-26-41)49(36-39)63-45-30-16-14-28-43(45)51-47(63)32-18-34-57-51/h1-36H. The Balaban J connectivity index is 1.29. The van der Waals surface area contributed by atoms with Gasteiger partial charge in [0, 0.05) is 51.2 Å². The number of fused-ring (bicyclic) bond motifs is 6. The monoisotopic (exact) mass is 808 g/mol. The number of nitrogens with zero attached hydrogens (tertiary/aromatic N) is 8. The normalized spacial score (nSPS) is 11.5. The molecular formula is C55H36N8. The predicted octanol–water partition coefficient (Wildman–Crippen LogP) is 13.3. The predicted molar refractivity (Wildman–Crippen MR) is 255 cm³/mol. The summed E-state index contributed by atoms with van der Waals surface area (Å²) in [5.41, 5.74) is 13.2. The zero-order valence-corrected chi connectivity index (χ0v) is 33.9. The summed E-state index contributed by atoms with van der Waals surface area (Å²) in [6.07, 6.45) is 3.74. The molecule has 0 amide bonds. The van der Waals surface area contributed by atoms with E-state index in [4.69, 9.17) is 24.9 Å². The fourth-order valence-corrected chi connectivity index (χ4v) is 8.89. The molecule has 0 aliphatic carbocycles. The molecule has 0 fully saturated rings. The van der Waals surface area contributed by atoms with Gasteiger partial charge in [0.05, 0.1) is 50.2 Å². The number of benzene rings is 7. The first-order valence-electron chi connectivity index (χ1n) is 20.9. The average molecular weight is 809 g/mol. The Hall–Kier alpha value is -8.75. The Morgan fingerprint density at radius 3 is 1.14 bits per heavy atom. The minimum absolute atomic E-state index is 0.542. The third-order valence-corrected chi connectivity index (χ3v) is 11.6. The second-order valence-electron chi connectivity index (χ2n) is 15.4. The highest BCUT2D eigenvalue weighted by Gasteiger charge is 2.28. The Morgan fingerprint density at radius 2 is 0.698 bits per heavy atom. The van der Waals surface area contributed by atoms with E-state index >= 15 is 0 Å². The van der Waals surface area contributed by atoms with Crippen molar-refractivity contribution in [2.24, 2.45) is 0 Å². The van der Waals surface area contributed by atoms with Crippen LogP contribution in [0.25, 0.3) is 89.4 Å². The van der Waals surface area contributed by atoms with E-state index in [0.29, 0.717) is 17.5 Å². The fraction of sp³-hybridized carbons (Fsp3) is 0.